The Hall–Kier alpha value is -3.28. The molecule has 0 radical (unpaired) electrons. The van der Waals surface area contributed by atoms with Gasteiger partial charge in [0.2, 0.25) is 5.91 Å². The lowest BCUT2D eigenvalue weighted by atomic mass is 9.89. The third kappa shape index (κ3) is 5.13. The summed E-state index contributed by atoms with van der Waals surface area (Å²) in [5, 5.41) is 2.94. The van der Waals surface area contributed by atoms with Crippen LogP contribution in [0.15, 0.2) is 54.3 Å². The molecule has 6 nitrogen and oxygen atoms in total. The van der Waals surface area contributed by atoms with Crippen molar-refractivity contribution in [2.24, 2.45) is 0 Å². The molecule has 1 saturated heterocycles. The van der Waals surface area contributed by atoms with E-state index in [2.05, 4.69) is 5.32 Å². The number of nitrogens with zero attached hydrogens (tertiary/aromatic N) is 1. The van der Waals surface area contributed by atoms with E-state index in [1.54, 1.807) is 18.1 Å². The average Bonchev–Trinajstić information content (AvgIpc) is 2.81. The molecule has 168 valence electrons. The fourth-order valence-electron chi connectivity index (χ4n) is 4.43. The van der Waals surface area contributed by atoms with Crippen LogP contribution in [0.4, 0.5) is 0 Å². The average molecular weight is 435 g/mol. The molecule has 4 rings (SSSR count). The molecule has 2 aliphatic rings. The van der Waals surface area contributed by atoms with Gasteiger partial charge in [0.05, 0.1) is 13.2 Å². The molecule has 2 fully saturated rings. The van der Waals surface area contributed by atoms with Gasteiger partial charge in [0.1, 0.15) is 18.4 Å². The Balaban J connectivity index is 1.46. The number of aryl methyl sites for hydroxylation is 1. The van der Waals surface area contributed by atoms with Gasteiger partial charge in [-0.25, -0.2) is 0 Å². The molecule has 2 aromatic carbocycles. The number of rotatable bonds is 6. The topological polar surface area (TPSA) is 67.9 Å². The Morgan fingerprint density at radius 1 is 1.19 bits per heavy atom. The number of nitrogens with one attached hydrogen (secondary N) is 1. The number of fused-ring (bicyclic) bond motifs is 1. The van der Waals surface area contributed by atoms with Crippen LogP contribution in [-0.2, 0) is 20.9 Å². The summed E-state index contributed by atoms with van der Waals surface area (Å²) in [5.41, 5.74) is 3.02. The van der Waals surface area contributed by atoms with Crippen LogP contribution in [0.5, 0.6) is 5.75 Å². The molecule has 1 saturated carbocycles. The van der Waals surface area contributed by atoms with E-state index in [1.165, 1.54) is 0 Å². The molecule has 1 heterocycles. The number of hydrogen-bond acceptors (Lipinski definition) is 4. The minimum absolute atomic E-state index is 0.0324. The Bertz CT molecular complexity index is 999. The first-order valence-corrected chi connectivity index (χ1v) is 11.2. The predicted octanol–water partition coefficient (Wildman–Crippen LogP) is 3.83. The largest absolute Gasteiger partial charge is 0.497 e. The zero-order valence-corrected chi connectivity index (χ0v) is 18.7. The van der Waals surface area contributed by atoms with E-state index >= 15 is 0 Å². The molecule has 2 amide bonds. The van der Waals surface area contributed by atoms with Crippen molar-refractivity contribution in [2.45, 2.75) is 51.3 Å². The van der Waals surface area contributed by atoms with Gasteiger partial charge in [-0.15, -0.1) is 0 Å². The molecule has 0 aromatic heterocycles. The zero-order chi connectivity index (χ0) is 22.5. The summed E-state index contributed by atoms with van der Waals surface area (Å²) in [6.45, 7) is 2.45. The fourth-order valence-corrected chi connectivity index (χ4v) is 4.43. The van der Waals surface area contributed by atoms with Crippen molar-refractivity contribution < 1.29 is 19.1 Å². The molecule has 6 heteroatoms. The van der Waals surface area contributed by atoms with Crippen LogP contribution in [0, 0.1) is 6.92 Å². The highest BCUT2D eigenvalue weighted by atomic mass is 16.5. The number of amides is 2. The molecular weight excluding hydrogens is 404 g/mol. The monoisotopic (exact) mass is 434 g/mol. The second-order valence-corrected chi connectivity index (χ2v) is 8.49. The van der Waals surface area contributed by atoms with E-state index in [0.29, 0.717) is 12.3 Å². The molecule has 1 N–H and O–H groups in total. The molecule has 2 unspecified atom stereocenters. The standard InChI is InChI=1S/C26H30N2O4/c1-18-6-5-7-20(14-18)15-24-26(30)28(22-8-3-4-9-23(22)32-24)17-25(29)27-16-19-10-12-21(31-2)13-11-19/h5-7,10-15,22-23H,3-4,8-9,16-17H2,1-2H3,(H,27,29)/b24-15+. The summed E-state index contributed by atoms with van der Waals surface area (Å²) in [4.78, 5) is 27.7. The van der Waals surface area contributed by atoms with Crippen molar-refractivity contribution >= 4 is 17.9 Å². The van der Waals surface area contributed by atoms with Gasteiger partial charge in [0.25, 0.3) is 5.91 Å². The minimum atomic E-state index is -0.214. The molecule has 1 aliphatic heterocycles. The number of carbonyl (C=O) groups excluding carboxylic acids is 2. The summed E-state index contributed by atoms with van der Waals surface area (Å²) >= 11 is 0. The number of methoxy groups -OCH3 is 1. The van der Waals surface area contributed by atoms with E-state index in [1.807, 2.05) is 55.5 Å². The summed E-state index contributed by atoms with van der Waals surface area (Å²) < 4.78 is 11.3. The lowest BCUT2D eigenvalue weighted by Gasteiger charge is -2.44. The van der Waals surface area contributed by atoms with Gasteiger partial charge in [-0.2, -0.15) is 0 Å². The second kappa shape index (κ2) is 9.90. The Labute approximate surface area is 189 Å². The third-order valence-electron chi connectivity index (χ3n) is 6.12. The number of ether oxygens (including phenoxy) is 2. The second-order valence-electron chi connectivity index (χ2n) is 8.49. The Kier molecular flexibility index (Phi) is 6.78. The summed E-state index contributed by atoms with van der Waals surface area (Å²) in [5.74, 6) is 0.710. The number of benzene rings is 2. The summed E-state index contributed by atoms with van der Waals surface area (Å²) in [6, 6.07) is 15.4. The highest BCUT2D eigenvalue weighted by molar-refractivity contribution is 5.98. The number of carbonyl (C=O) groups is 2. The molecular formula is C26H30N2O4. The van der Waals surface area contributed by atoms with Crippen LogP contribution < -0.4 is 10.1 Å². The normalized spacial score (nSPS) is 21.6. The maximum atomic E-state index is 13.3. The lowest BCUT2D eigenvalue weighted by molar-refractivity contribution is -0.151. The quantitative estimate of drug-likeness (QED) is 0.702. The van der Waals surface area contributed by atoms with E-state index in [0.717, 1.165) is 48.1 Å². The van der Waals surface area contributed by atoms with Crippen LogP contribution >= 0.6 is 0 Å². The maximum absolute atomic E-state index is 13.3. The third-order valence-corrected chi connectivity index (χ3v) is 6.12. The van der Waals surface area contributed by atoms with Gasteiger partial charge < -0.3 is 19.7 Å². The molecule has 1 aliphatic carbocycles. The lowest BCUT2D eigenvalue weighted by Crippen LogP contribution is -2.57. The van der Waals surface area contributed by atoms with E-state index in [4.69, 9.17) is 9.47 Å². The first-order valence-electron chi connectivity index (χ1n) is 11.2. The van der Waals surface area contributed by atoms with Crippen LogP contribution in [0.3, 0.4) is 0 Å². The first kappa shape index (κ1) is 21.9. The van der Waals surface area contributed by atoms with Crippen LogP contribution in [-0.4, -0.2) is 42.5 Å². The van der Waals surface area contributed by atoms with Crippen LogP contribution in [0.1, 0.15) is 42.4 Å². The smallest absolute Gasteiger partial charge is 0.289 e. The molecule has 0 spiro atoms. The SMILES string of the molecule is COc1ccc(CNC(=O)CN2C(=O)/C(=C\c3cccc(C)c3)OC3CCCCC32)cc1. The number of hydrogen-bond donors (Lipinski definition) is 1. The molecule has 0 bridgehead atoms. The highest BCUT2D eigenvalue weighted by Gasteiger charge is 2.42. The molecule has 2 aromatic rings. The van der Waals surface area contributed by atoms with Gasteiger partial charge in [-0.3, -0.25) is 9.59 Å². The van der Waals surface area contributed by atoms with Crippen molar-refractivity contribution in [3.8, 4) is 5.75 Å². The minimum Gasteiger partial charge on any atom is -0.497 e. The number of morpholine rings is 1. The van der Waals surface area contributed by atoms with Crippen molar-refractivity contribution in [1.82, 2.24) is 10.2 Å². The van der Waals surface area contributed by atoms with Crippen LogP contribution in [0.2, 0.25) is 0 Å². The van der Waals surface area contributed by atoms with E-state index in [9.17, 15) is 9.59 Å². The zero-order valence-electron chi connectivity index (χ0n) is 18.7. The summed E-state index contributed by atoms with van der Waals surface area (Å²) in [7, 11) is 1.62. The van der Waals surface area contributed by atoms with E-state index < -0.39 is 0 Å². The fraction of sp³-hybridized carbons (Fsp3) is 0.385. The van der Waals surface area contributed by atoms with Crippen molar-refractivity contribution in [3.05, 3.63) is 71.0 Å². The van der Waals surface area contributed by atoms with Crippen molar-refractivity contribution in [2.75, 3.05) is 13.7 Å². The highest BCUT2D eigenvalue weighted by Crippen LogP contribution is 2.33. The molecule has 2 atom stereocenters. The first-order chi connectivity index (χ1) is 15.5. The van der Waals surface area contributed by atoms with Gasteiger partial charge in [0.15, 0.2) is 5.76 Å². The predicted molar refractivity (Wildman–Crippen MR) is 123 cm³/mol. The molecule has 32 heavy (non-hydrogen) atoms. The Morgan fingerprint density at radius 2 is 1.97 bits per heavy atom. The van der Waals surface area contributed by atoms with Gasteiger partial charge in [0, 0.05) is 6.54 Å². The van der Waals surface area contributed by atoms with Gasteiger partial charge in [-0.05, 0) is 55.5 Å². The van der Waals surface area contributed by atoms with E-state index in [-0.39, 0.29) is 30.5 Å². The van der Waals surface area contributed by atoms with Crippen molar-refractivity contribution in [1.29, 1.82) is 0 Å². The van der Waals surface area contributed by atoms with Crippen molar-refractivity contribution in [3.63, 3.8) is 0 Å². The van der Waals surface area contributed by atoms with Gasteiger partial charge in [-0.1, -0.05) is 48.4 Å². The summed E-state index contributed by atoms with van der Waals surface area (Å²) in [6.07, 6.45) is 5.60. The maximum Gasteiger partial charge on any atom is 0.289 e. The van der Waals surface area contributed by atoms with Crippen LogP contribution in [0.25, 0.3) is 6.08 Å². The Morgan fingerprint density at radius 3 is 2.72 bits per heavy atom. The van der Waals surface area contributed by atoms with Gasteiger partial charge >= 0.3 is 0 Å².